The fourth-order valence-corrected chi connectivity index (χ4v) is 3.53. The number of carboxylic acid groups (broad SMARTS) is 1. The summed E-state index contributed by atoms with van der Waals surface area (Å²) >= 11 is 1.58. The molecular weight excluding hydrogens is 262 g/mol. The highest BCUT2D eigenvalue weighted by atomic mass is 32.1. The van der Waals surface area contributed by atoms with E-state index in [0.717, 1.165) is 16.2 Å². The number of hydrogen-bond donors (Lipinski definition) is 1. The lowest BCUT2D eigenvalue weighted by molar-refractivity contribution is -0.144. The number of aliphatic carboxylic acids is 1. The van der Waals surface area contributed by atoms with Crippen LogP contribution in [-0.2, 0) is 4.79 Å². The van der Waals surface area contributed by atoms with Gasteiger partial charge in [-0.3, -0.25) is 4.79 Å². The molecule has 0 radical (unpaired) electrons. The Bertz CT molecular complexity index is 509. The molecule has 0 saturated carbocycles. The fourth-order valence-electron chi connectivity index (χ4n) is 2.62. The van der Waals surface area contributed by atoms with Crippen LogP contribution in [0.15, 0.2) is 6.07 Å². The molecule has 1 N–H and O–H groups in total. The maximum absolute atomic E-state index is 12.5. The van der Waals surface area contributed by atoms with Gasteiger partial charge in [0.1, 0.15) is 6.04 Å². The topological polar surface area (TPSA) is 57.6 Å². The lowest BCUT2D eigenvalue weighted by Gasteiger charge is -2.36. The van der Waals surface area contributed by atoms with Crippen molar-refractivity contribution in [1.82, 2.24) is 4.90 Å². The molecule has 2 unspecified atom stereocenters. The zero-order valence-corrected chi connectivity index (χ0v) is 12.3. The minimum atomic E-state index is -0.899. The fraction of sp³-hybridized carbons (Fsp3) is 0.571. The van der Waals surface area contributed by atoms with Crippen molar-refractivity contribution < 1.29 is 14.7 Å². The standard InChI is InChI=1S/C14H19NO3S/c1-8-4-5-15(12(6-8)14(17)18)13(16)11-7-9(2)19-10(11)3/h7-8,12H,4-6H2,1-3H3,(H,17,18). The molecule has 0 aliphatic carbocycles. The molecule has 4 nitrogen and oxygen atoms in total. The van der Waals surface area contributed by atoms with Crippen LogP contribution >= 0.6 is 11.3 Å². The number of carboxylic acids is 1. The van der Waals surface area contributed by atoms with Crippen molar-refractivity contribution in [2.45, 2.75) is 39.7 Å². The van der Waals surface area contributed by atoms with Crippen LogP contribution in [0, 0.1) is 19.8 Å². The smallest absolute Gasteiger partial charge is 0.326 e. The molecule has 0 spiro atoms. The van der Waals surface area contributed by atoms with E-state index < -0.39 is 12.0 Å². The Hall–Kier alpha value is -1.36. The molecule has 5 heteroatoms. The Kier molecular flexibility index (Phi) is 3.94. The number of hydrogen-bond acceptors (Lipinski definition) is 3. The number of aryl methyl sites for hydroxylation is 2. The maximum Gasteiger partial charge on any atom is 0.326 e. The molecule has 0 aromatic carbocycles. The van der Waals surface area contributed by atoms with Gasteiger partial charge in [0.25, 0.3) is 5.91 Å². The Morgan fingerprint density at radius 1 is 1.42 bits per heavy atom. The zero-order valence-electron chi connectivity index (χ0n) is 11.5. The summed E-state index contributed by atoms with van der Waals surface area (Å²) in [6.07, 6.45) is 1.42. The summed E-state index contributed by atoms with van der Waals surface area (Å²) in [5.74, 6) is -0.680. The number of rotatable bonds is 2. The summed E-state index contributed by atoms with van der Waals surface area (Å²) in [4.78, 5) is 27.4. The van der Waals surface area contributed by atoms with Gasteiger partial charge in [-0.1, -0.05) is 6.92 Å². The van der Waals surface area contributed by atoms with Gasteiger partial charge in [-0.15, -0.1) is 11.3 Å². The molecule has 1 saturated heterocycles. The Balaban J connectivity index is 2.26. The van der Waals surface area contributed by atoms with Crippen molar-refractivity contribution in [2.75, 3.05) is 6.54 Å². The first-order valence-corrected chi connectivity index (χ1v) is 7.32. The molecule has 1 aliphatic rings. The first-order valence-electron chi connectivity index (χ1n) is 6.51. The third-order valence-corrected chi connectivity index (χ3v) is 4.65. The van der Waals surface area contributed by atoms with Crippen molar-refractivity contribution in [2.24, 2.45) is 5.92 Å². The van der Waals surface area contributed by atoms with E-state index in [1.807, 2.05) is 26.8 Å². The number of thiophene rings is 1. The van der Waals surface area contributed by atoms with Crippen molar-refractivity contribution in [1.29, 1.82) is 0 Å². The van der Waals surface area contributed by atoms with Crippen LogP contribution in [0.1, 0.15) is 39.9 Å². The molecule has 2 atom stereocenters. The summed E-state index contributed by atoms with van der Waals surface area (Å²) in [6.45, 7) is 6.44. The van der Waals surface area contributed by atoms with E-state index in [9.17, 15) is 14.7 Å². The lowest BCUT2D eigenvalue weighted by Crippen LogP contribution is -2.49. The summed E-state index contributed by atoms with van der Waals surface area (Å²) in [5.41, 5.74) is 0.656. The highest BCUT2D eigenvalue weighted by molar-refractivity contribution is 7.12. The molecule has 0 bridgehead atoms. The van der Waals surface area contributed by atoms with E-state index in [1.165, 1.54) is 4.90 Å². The van der Waals surface area contributed by atoms with Crippen LogP contribution < -0.4 is 0 Å². The maximum atomic E-state index is 12.5. The molecule has 104 valence electrons. The highest BCUT2D eigenvalue weighted by Crippen LogP contribution is 2.27. The van der Waals surface area contributed by atoms with Crippen molar-refractivity contribution in [3.05, 3.63) is 21.4 Å². The molecule has 2 rings (SSSR count). The monoisotopic (exact) mass is 281 g/mol. The van der Waals surface area contributed by atoms with E-state index in [-0.39, 0.29) is 5.91 Å². The van der Waals surface area contributed by atoms with Crippen LogP contribution in [0.5, 0.6) is 0 Å². The molecule has 1 fully saturated rings. The van der Waals surface area contributed by atoms with Gasteiger partial charge in [-0.05, 0) is 38.7 Å². The van der Waals surface area contributed by atoms with Gasteiger partial charge in [0, 0.05) is 16.3 Å². The third-order valence-electron chi connectivity index (χ3n) is 3.68. The Morgan fingerprint density at radius 2 is 2.11 bits per heavy atom. The second-order valence-electron chi connectivity index (χ2n) is 5.31. The van der Waals surface area contributed by atoms with Crippen LogP contribution in [0.3, 0.4) is 0 Å². The first-order chi connectivity index (χ1) is 8.90. The molecule has 1 aliphatic heterocycles. The number of carbonyl (C=O) groups excluding carboxylic acids is 1. The second-order valence-corrected chi connectivity index (χ2v) is 6.77. The average Bonchev–Trinajstić information content (AvgIpc) is 2.67. The van der Waals surface area contributed by atoms with Crippen molar-refractivity contribution in [3.63, 3.8) is 0 Å². The van der Waals surface area contributed by atoms with E-state index >= 15 is 0 Å². The van der Waals surface area contributed by atoms with Gasteiger partial charge in [0.15, 0.2) is 0 Å². The average molecular weight is 281 g/mol. The summed E-state index contributed by atoms with van der Waals surface area (Å²) in [6, 6.07) is 1.18. The first kappa shape index (κ1) is 14.1. The molecule has 1 amide bonds. The van der Waals surface area contributed by atoms with Gasteiger partial charge >= 0.3 is 5.97 Å². The zero-order chi connectivity index (χ0) is 14.2. The summed E-state index contributed by atoms with van der Waals surface area (Å²) < 4.78 is 0. The molecule has 2 heterocycles. The predicted molar refractivity (Wildman–Crippen MR) is 74.7 cm³/mol. The lowest BCUT2D eigenvalue weighted by atomic mass is 9.92. The molecular formula is C14H19NO3S. The van der Waals surface area contributed by atoms with Gasteiger partial charge in [0.05, 0.1) is 5.56 Å². The summed E-state index contributed by atoms with van der Waals surface area (Å²) in [7, 11) is 0. The predicted octanol–water partition coefficient (Wildman–Crippen LogP) is 2.69. The summed E-state index contributed by atoms with van der Waals surface area (Å²) in [5, 5.41) is 9.31. The van der Waals surface area contributed by atoms with Crippen LogP contribution in [-0.4, -0.2) is 34.5 Å². The Morgan fingerprint density at radius 3 is 2.63 bits per heavy atom. The SMILES string of the molecule is Cc1cc(C(=O)N2CCC(C)CC2C(=O)O)c(C)s1. The van der Waals surface area contributed by atoms with Gasteiger partial charge < -0.3 is 10.0 Å². The number of likely N-dealkylation sites (tertiary alicyclic amines) is 1. The second kappa shape index (κ2) is 5.33. The largest absolute Gasteiger partial charge is 0.480 e. The van der Waals surface area contributed by atoms with Crippen LogP contribution in [0.2, 0.25) is 0 Å². The van der Waals surface area contributed by atoms with Crippen LogP contribution in [0.4, 0.5) is 0 Å². The van der Waals surface area contributed by atoms with Crippen LogP contribution in [0.25, 0.3) is 0 Å². The minimum Gasteiger partial charge on any atom is -0.480 e. The normalized spacial score (nSPS) is 23.4. The van der Waals surface area contributed by atoms with E-state index in [0.29, 0.717) is 24.4 Å². The van der Waals surface area contributed by atoms with E-state index in [1.54, 1.807) is 11.3 Å². The third kappa shape index (κ3) is 2.81. The molecule has 1 aromatic rings. The highest BCUT2D eigenvalue weighted by Gasteiger charge is 2.35. The van der Waals surface area contributed by atoms with Gasteiger partial charge in [-0.2, -0.15) is 0 Å². The minimum absolute atomic E-state index is 0.138. The number of amides is 1. The van der Waals surface area contributed by atoms with E-state index in [2.05, 4.69) is 0 Å². The Labute approximate surface area is 117 Å². The molecule has 19 heavy (non-hydrogen) atoms. The number of nitrogens with zero attached hydrogens (tertiary/aromatic N) is 1. The van der Waals surface area contributed by atoms with Gasteiger partial charge in [0.2, 0.25) is 0 Å². The van der Waals surface area contributed by atoms with Gasteiger partial charge in [-0.25, -0.2) is 4.79 Å². The van der Waals surface area contributed by atoms with Crippen molar-refractivity contribution >= 4 is 23.2 Å². The quantitative estimate of drug-likeness (QED) is 0.906. The number of piperidine rings is 1. The molecule has 1 aromatic heterocycles. The van der Waals surface area contributed by atoms with E-state index in [4.69, 9.17) is 0 Å². The van der Waals surface area contributed by atoms with Crippen molar-refractivity contribution in [3.8, 4) is 0 Å². The number of carbonyl (C=O) groups is 2.